The van der Waals surface area contributed by atoms with Crippen molar-refractivity contribution in [2.45, 2.75) is 24.4 Å². The van der Waals surface area contributed by atoms with Crippen LogP contribution in [0.5, 0.6) is 0 Å². The monoisotopic (exact) mass is 412 g/mol. The molecule has 29 heavy (non-hydrogen) atoms. The van der Waals surface area contributed by atoms with Crippen LogP contribution in [0.25, 0.3) is 16.7 Å². The number of thioether (sulfide) groups is 1. The highest BCUT2D eigenvalue weighted by Crippen LogP contribution is 2.22. The highest BCUT2D eigenvalue weighted by Gasteiger charge is 2.17. The summed E-state index contributed by atoms with van der Waals surface area (Å²) in [6, 6.07) is 10.9. The van der Waals surface area contributed by atoms with Crippen LogP contribution in [-0.2, 0) is 17.9 Å². The van der Waals surface area contributed by atoms with Gasteiger partial charge in [0.25, 0.3) is 5.56 Å². The number of ether oxygens (including phenoxy) is 1. The van der Waals surface area contributed by atoms with Gasteiger partial charge in [-0.05, 0) is 24.3 Å². The number of benzene rings is 1. The smallest absolute Gasteiger partial charge is 0.263 e. The Morgan fingerprint density at radius 2 is 2.14 bits per heavy atom. The summed E-state index contributed by atoms with van der Waals surface area (Å²) >= 11 is 1.35. The van der Waals surface area contributed by atoms with Gasteiger partial charge in [0.05, 0.1) is 29.9 Å². The van der Waals surface area contributed by atoms with E-state index in [0.717, 1.165) is 5.52 Å². The van der Waals surface area contributed by atoms with E-state index >= 15 is 0 Å². The van der Waals surface area contributed by atoms with E-state index in [1.54, 1.807) is 24.5 Å². The second-order valence-electron chi connectivity index (χ2n) is 6.40. The van der Waals surface area contributed by atoms with Crippen molar-refractivity contribution in [2.24, 2.45) is 0 Å². The van der Waals surface area contributed by atoms with E-state index in [1.807, 2.05) is 28.7 Å². The quantitative estimate of drug-likeness (QED) is 0.333. The predicted molar refractivity (Wildman–Crippen MR) is 110 cm³/mol. The van der Waals surface area contributed by atoms with E-state index in [9.17, 15) is 9.90 Å². The van der Waals surface area contributed by atoms with Gasteiger partial charge in [0.1, 0.15) is 12.4 Å². The van der Waals surface area contributed by atoms with Crippen molar-refractivity contribution in [2.75, 3.05) is 12.4 Å². The van der Waals surface area contributed by atoms with Crippen LogP contribution in [0.1, 0.15) is 5.76 Å². The zero-order valence-electron chi connectivity index (χ0n) is 15.6. The first-order valence-corrected chi connectivity index (χ1v) is 10.1. The van der Waals surface area contributed by atoms with Gasteiger partial charge >= 0.3 is 0 Å². The Bertz CT molecular complexity index is 1180. The minimum Gasteiger partial charge on any atom is -0.467 e. The molecule has 0 spiro atoms. The van der Waals surface area contributed by atoms with E-state index in [0.29, 0.717) is 41.0 Å². The Kier molecular flexibility index (Phi) is 5.79. The molecule has 4 aromatic rings. The summed E-state index contributed by atoms with van der Waals surface area (Å²) in [5.74, 6) is 1.52. The summed E-state index contributed by atoms with van der Waals surface area (Å²) in [6.45, 7) is 4.53. The van der Waals surface area contributed by atoms with Crippen LogP contribution in [0, 0.1) is 0 Å². The molecule has 0 saturated carbocycles. The van der Waals surface area contributed by atoms with Gasteiger partial charge in [-0.15, -0.1) is 16.8 Å². The highest BCUT2D eigenvalue weighted by molar-refractivity contribution is 7.99. The van der Waals surface area contributed by atoms with Crippen LogP contribution in [0.3, 0.4) is 0 Å². The van der Waals surface area contributed by atoms with E-state index < -0.39 is 6.10 Å². The summed E-state index contributed by atoms with van der Waals surface area (Å²) in [7, 11) is 0. The van der Waals surface area contributed by atoms with Gasteiger partial charge < -0.3 is 14.3 Å². The molecule has 0 radical (unpaired) electrons. The van der Waals surface area contributed by atoms with Crippen LogP contribution in [0.15, 0.2) is 69.7 Å². The number of aliphatic hydroxyl groups excluding tert-OH is 1. The minimum absolute atomic E-state index is 0.136. The Balaban J connectivity index is 1.55. The third-order valence-electron chi connectivity index (χ3n) is 4.33. The Morgan fingerprint density at radius 1 is 1.28 bits per heavy atom. The zero-order valence-corrected chi connectivity index (χ0v) is 16.4. The lowest BCUT2D eigenvalue weighted by atomic mass is 10.2. The molecular formula is C20H20N4O4S. The molecule has 4 rings (SSSR count). The molecule has 1 atom stereocenters. The van der Waals surface area contributed by atoms with Gasteiger partial charge in [-0.25, -0.2) is 0 Å². The highest BCUT2D eigenvalue weighted by atomic mass is 32.2. The summed E-state index contributed by atoms with van der Waals surface area (Å²) in [6.07, 6.45) is 2.54. The third kappa shape index (κ3) is 3.98. The Labute approximate surface area is 170 Å². The molecule has 3 aromatic heterocycles. The SMILES string of the molecule is C=CCn1c(=O)c2ccccc2n2c(SCC(O)COCc3ccco3)nnc12. The zero-order chi connectivity index (χ0) is 20.2. The number of aromatic nitrogens is 4. The second-order valence-corrected chi connectivity index (χ2v) is 7.39. The molecule has 0 aliphatic heterocycles. The van der Waals surface area contributed by atoms with Crippen LogP contribution >= 0.6 is 11.8 Å². The normalized spacial score (nSPS) is 12.6. The summed E-state index contributed by atoms with van der Waals surface area (Å²) in [5.41, 5.74) is 0.590. The maximum atomic E-state index is 12.8. The molecule has 0 amide bonds. The number of rotatable bonds is 9. The summed E-state index contributed by atoms with van der Waals surface area (Å²) in [4.78, 5) is 12.8. The number of para-hydroxylation sites is 1. The van der Waals surface area contributed by atoms with E-state index in [2.05, 4.69) is 16.8 Å². The van der Waals surface area contributed by atoms with Crippen molar-refractivity contribution < 1.29 is 14.3 Å². The Morgan fingerprint density at radius 3 is 2.93 bits per heavy atom. The van der Waals surface area contributed by atoms with Crippen LogP contribution in [0.2, 0.25) is 0 Å². The molecular weight excluding hydrogens is 392 g/mol. The summed E-state index contributed by atoms with van der Waals surface area (Å²) in [5, 5.41) is 19.9. The number of hydrogen-bond acceptors (Lipinski definition) is 7. The minimum atomic E-state index is -0.687. The molecule has 0 fully saturated rings. The topological polar surface area (TPSA) is 94.8 Å². The maximum Gasteiger partial charge on any atom is 0.263 e. The molecule has 0 bridgehead atoms. The first kappa shape index (κ1) is 19.4. The number of hydrogen-bond donors (Lipinski definition) is 1. The average Bonchev–Trinajstić information content (AvgIpc) is 3.39. The van der Waals surface area contributed by atoms with Gasteiger partial charge in [0.15, 0.2) is 5.16 Å². The molecule has 1 N–H and O–H groups in total. The maximum absolute atomic E-state index is 12.8. The van der Waals surface area contributed by atoms with Crippen molar-refractivity contribution in [1.82, 2.24) is 19.2 Å². The number of fused-ring (bicyclic) bond motifs is 3. The van der Waals surface area contributed by atoms with Crippen molar-refractivity contribution >= 4 is 28.4 Å². The first-order valence-electron chi connectivity index (χ1n) is 9.07. The molecule has 8 nitrogen and oxygen atoms in total. The van der Waals surface area contributed by atoms with Crippen molar-refractivity contribution in [3.05, 3.63) is 71.4 Å². The number of allylic oxidation sites excluding steroid dienone is 1. The van der Waals surface area contributed by atoms with Gasteiger partial charge in [-0.3, -0.25) is 13.8 Å². The van der Waals surface area contributed by atoms with E-state index in [1.165, 1.54) is 16.3 Å². The number of aliphatic hydroxyl groups is 1. The lowest BCUT2D eigenvalue weighted by molar-refractivity contribution is 0.0328. The number of furan rings is 1. The van der Waals surface area contributed by atoms with Gasteiger partial charge in [0.2, 0.25) is 5.78 Å². The standard InChI is InChI=1S/C20H20N4O4S/c1-2-9-23-18(26)16-7-3-4-8-17(16)24-19(23)21-22-20(24)29-13-14(25)11-27-12-15-6-5-10-28-15/h2-8,10,14,25H,1,9,11-13H2. The Hall–Kier alpha value is -2.88. The van der Waals surface area contributed by atoms with Gasteiger partial charge in [-0.1, -0.05) is 30.0 Å². The predicted octanol–water partition coefficient (Wildman–Crippen LogP) is 2.49. The number of nitrogens with zero attached hydrogens (tertiary/aromatic N) is 4. The van der Waals surface area contributed by atoms with Gasteiger partial charge in [-0.2, -0.15) is 0 Å². The fraction of sp³-hybridized carbons (Fsp3) is 0.250. The van der Waals surface area contributed by atoms with Crippen molar-refractivity contribution in [3.8, 4) is 0 Å². The molecule has 0 aliphatic rings. The molecule has 3 heterocycles. The van der Waals surface area contributed by atoms with Crippen molar-refractivity contribution in [3.63, 3.8) is 0 Å². The van der Waals surface area contributed by atoms with E-state index in [-0.39, 0.29) is 12.2 Å². The van der Waals surface area contributed by atoms with Crippen LogP contribution < -0.4 is 5.56 Å². The van der Waals surface area contributed by atoms with Crippen LogP contribution in [-0.4, -0.2) is 42.7 Å². The lowest BCUT2D eigenvalue weighted by Crippen LogP contribution is -2.23. The van der Waals surface area contributed by atoms with E-state index in [4.69, 9.17) is 9.15 Å². The second kappa shape index (κ2) is 8.64. The summed E-state index contributed by atoms with van der Waals surface area (Å²) < 4.78 is 14.0. The molecule has 9 heteroatoms. The average molecular weight is 412 g/mol. The van der Waals surface area contributed by atoms with Crippen LogP contribution in [0.4, 0.5) is 0 Å². The first-order chi connectivity index (χ1) is 14.2. The fourth-order valence-corrected chi connectivity index (χ4v) is 3.88. The molecule has 150 valence electrons. The lowest BCUT2D eigenvalue weighted by Gasteiger charge is -2.11. The fourth-order valence-electron chi connectivity index (χ4n) is 3.03. The molecule has 0 saturated heterocycles. The molecule has 1 aromatic carbocycles. The van der Waals surface area contributed by atoms with Gasteiger partial charge in [0, 0.05) is 12.3 Å². The van der Waals surface area contributed by atoms with Crippen molar-refractivity contribution in [1.29, 1.82) is 0 Å². The molecule has 0 aliphatic carbocycles. The third-order valence-corrected chi connectivity index (χ3v) is 5.40. The largest absolute Gasteiger partial charge is 0.467 e. The molecule has 1 unspecified atom stereocenters.